The zero-order valence-corrected chi connectivity index (χ0v) is 14.4. The number of hydrogen-bond acceptors (Lipinski definition) is 5. The highest BCUT2D eigenvalue weighted by Crippen LogP contribution is 2.22. The Kier molecular flexibility index (Phi) is 4.40. The monoisotopic (exact) mass is 341 g/mol. The van der Waals surface area contributed by atoms with Crippen LogP contribution in [0.4, 0.5) is 4.79 Å². The van der Waals surface area contributed by atoms with Crippen molar-refractivity contribution in [2.24, 2.45) is 0 Å². The highest BCUT2D eigenvalue weighted by Gasteiger charge is 2.31. The van der Waals surface area contributed by atoms with E-state index >= 15 is 0 Å². The number of carbonyl (C=O) groups excluding carboxylic acids is 1. The Hall–Kier alpha value is -2.41. The Morgan fingerprint density at radius 2 is 2.20 bits per heavy atom. The van der Waals surface area contributed by atoms with Crippen LogP contribution < -0.4 is 5.32 Å². The molecule has 0 radical (unpaired) electrons. The van der Waals surface area contributed by atoms with Crippen molar-refractivity contribution < 1.29 is 9.32 Å². The minimum atomic E-state index is 0.0616. The molecule has 2 aromatic rings. The number of rotatable bonds is 4. The molecule has 3 heterocycles. The molecular formula is C18H23N5O2. The van der Waals surface area contributed by atoms with Crippen LogP contribution in [0.15, 0.2) is 28.8 Å². The molecule has 4 rings (SSSR count). The summed E-state index contributed by atoms with van der Waals surface area (Å²) in [5.74, 6) is 1.27. The fourth-order valence-corrected chi connectivity index (χ4v) is 3.71. The topological polar surface area (TPSA) is 74.5 Å². The second-order valence-electron chi connectivity index (χ2n) is 6.78. The largest absolute Gasteiger partial charge is 0.338 e. The molecular weight excluding hydrogens is 318 g/mol. The highest BCUT2D eigenvalue weighted by molar-refractivity contribution is 5.76. The van der Waals surface area contributed by atoms with Crippen molar-refractivity contribution in [1.29, 1.82) is 0 Å². The van der Waals surface area contributed by atoms with Gasteiger partial charge >= 0.3 is 6.03 Å². The number of nitrogens with zero attached hydrogens (tertiary/aromatic N) is 4. The van der Waals surface area contributed by atoms with Crippen LogP contribution in [0.3, 0.4) is 0 Å². The van der Waals surface area contributed by atoms with E-state index < -0.39 is 0 Å². The summed E-state index contributed by atoms with van der Waals surface area (Å²) in [6.07, 6.45) is 2.13. The molecule has 2 amide bonds. The lowest BCUT2D eigenvalue weighted by Crippen LogP contribution is -2.48. The predicted molar refractivity (Wildman–Crippen MR) is 92.9 cm³/mol. The first-order valence-corrected chi connectivity index (χ1v) is 8.86. The van der Waals surface area contributed by atoms with Gasteiger partial charge in [-0.15, -0.1) is 0 Å². The van der Waals surface area contributed by atoms with Crippen molar-refractivity contribution in [3.05, 3.63) is 35.7 Å². The predicted octanol–water partition coefficient (Wildman–Crippen LogP) is 2.03. The number of amides is 2. The average Bonchev–Trinajstić information content (AvgIpc) is 3.25. The first-order chi connectivity index (χ1) is 12.2. The molecule has 1 aromatic heterocycles. The van der Waals surface area contributed by atoms with Crippen molar-refractivity contribution in [2.75, 3.05) is 26.2 Å². The van der Waals surface area contributed by atoms with E-state index in [2.05, 4.69) is 20.4 Å². The van der Waals surface area contributed by atoms with Gasteiger partial charge in [-0.3, -0.25) is 4.90 Å². The van der Waals surface area contributed by atoms with Crippen LogP contribution >= 0.6 is 0 Å². The second-order valence-corrected chi connectivity index (χ2v) is 6.78. The highest BCUT2D eigenvalue weighted by atomic mass is 16.5. The van der Waals surface area contributed by atoms with E-state index in [1.54, 1.807) is 0 Å². The second kappa shape index (κ2) is 6.84. The third kappa shape index (κ3) is 3.37. The van der Waals surface area contributed by atoms with Crippen LogP contribution in [0.2, 0.25) is 0 Å². The SMILES string of the molecule is Cc1ccccc1-c1noc(CN2CCC[C@H](N3CCNC3=O)C2)n1. The molecule has 7 nitrogen and oxygen atoms in total. The molecule has 0 aliphatic carbocycles. The molecule has 1 N–H and O–H groups in total. The van der Waals surface area contributed by atoms with Crippen molar-refractivity contribution >= 4 is 6.03 Å². The number of hydrogen-bond donors (Lipinski definition) is 1. The van der Waals surface area contributed by atoms with Crippen molar-refractivity contribution in [3.8, 4) is 11.4 Å². The van der Waals surface area contributed by atoms with E-state index in [9.17, 15) is 4.79 Å². The Labute approximate surface area is 147 Å². The third-order valence-corrected chi connectivity index (χ3v) is 5.02. The minimum Gasteiger partial charge on any atom is -0.338 e. The summed E-state index contributed by atoms with van der Waals surface area (Å²) in [5, 5.41) is 7.02. The van der Waals surface area contributed by atoms with Crippen molar-refractivity contribution in [1.82, 2.24) is 25.3 Å². The van der Waals surface area contributed by atoms with Gasteiger partial charge in [0.2, 0.25) is 11.7 Å². The lowest BCUT2D eigenvalue weighted by molar-refractivity contribution is 0.113. The standard InChI is InChI=1S/C18H23N5O2/c1-13-5-2-3-7-15(13)17-20-16(25-21-17)12-22-9-4-6-14(11-22)23-10-8-19-18(23)24/h2-3,5,7,14H,4,6,8-12H2,1H3,(H,19,24)/t14-/m0/s1. The molecule has 2 aliphatic heterocycles. The van der Waals surface area contributed by atoms with E-state index in [0.29, 0.717) is 18.3 Å². The van der Waals surface area contributed by atoms with Gasteiger partial charge in [-0.05, 0) is 31.9 Å². The molecule has 0 bridgehead atoms. The maximum atomic E-state index is 11.9. The van der Waals surface area contributed by atoms with Gasteiger partial charge in [0.25, 0.3) is 0 Å². The van der Waals surface area contributed by atoms with Gasteiger partial charge in [0.1, 0.15) is 0 Å². The van der Waals surface area contributed by atoms with Gasteiger partial charge in [0.05, 0.1) is 6.54 Å². The molecule has 0 saturated carbocycles. The van der Waals surface area contributed by atoms with Gasteiger partial charge < -0.3 is 14.7 Å². The molecule has 132 valence electrons. The van der Waals surface area contributed by atoms with Crippen LogP contribution in [-0.4, -0.2) is 58.2 Å². The summed E-state index contributed by atoms with van der Waals surface area (Å²) < 4.78 is 5.46. The molecule has 1 aromatic carbocycles. The number of aryl methyl sites for hydroxylation is 1. The Balaban J connectivity index is 1.42. The van der Waals surface area contributed by atoms with E-state index in [1.807, 2.05) is 36.1 Å². The maximum absolute atomic E-state index is 11.9. The van der Waals surface area contributed by atoms with E-state index in [-0.39, 0.29) is 12.1 Å². The number of piperidine rings is 1. The Morgan fingerprint density at radius 3 is 3.00 bits per heavy atom. The van der Waals surface area contributed by atoms with Gasteiger partial charge in [-0.2, -0.15) is 4.98 Å². The molecule has 1 atom stereocenters. The zero-order valence-electron chi connectivity index (χ0n) is 14.4. The molecule has 2 fully saturated rings. The number of likely N-dealkylation sites (tertiary alicyclic amines) is 1. The van der Waals surface area contributed by atoms with Crippen molar-refractivity contribution in [2.45, 2.75) is 32.4 Å². The number of carbonyl (C=O) groups is 1. The van der Waals surface area contributed by atoms with Crippen LogP contribution in [0, 0.1) is 6.92 Å². The summed E-state index contributed by atoms with van der Waals surface area (Å²) in [5.41, 5.74) is 2.13. The Bertz CT molecular complexity index is 759. The van der Waals surface area contributed by atoms with Gasteiger partial charge in [0.15, 0.2) is 0 Å². The zero-order chi connectivity index (χ0) is 17.2. The maximum Gasteiger partial charge on any atom is 0.317 e. The quantitative estimate of drug-likeness (QED) is 0.921. The first-order valence-electron chi connectivity index (χ1n) is 8.86. The smallest absolute Gasteiger partial charge is 0.317 e. The summed E-state index contributed by atoms with van der Waals surface area (Å²) in [4.78, 5) is 20.7. The van der Waals surface area contributed by atoms with Crippen LogP contribution in [-0.2, 0) is 6.54 Å². The molecule has 7 heteroatoms. The van der Waals surface area contributed by atoms with Crippen LogP contribution in [0.1, 0.15) is 24.3 Å². The molecule has 0 unspecified atom stereocenters. The van der Waals surface area contributed by atoms with E-state index in [4.69, 9.17) is 4.52 Å². The number of nitrogens with one attached hydrogen (secondary N) is 1. The summed E-state index contributed by atoms with van der Waals surface area (Å²) in [6.45, 7) is 6.07. The van der Waals surface area contributed by atoms with Gasteiger partial charge in [-0.1, -0.05) is 29.4 Å². The minimum absolute atomic E-state index is 0.0616. The lowest BCUT2D eigenvalue weighted by Gasteiger charge is -2.36. The van der Waals surface area contributed by atoms with Gasteiger partial charge in [0, 0.05) is 31.2 Å². The lowest BCUT2D eigenvalue weighted by atomic mass is 10.0. The van der Waals surface area contributed by atoms with Crippen LogP contribution in [0.25, 0.3) is 11.4 Å². The summed E-state index contributed by atoms with van der Waals surface area (Å²) in [6, 6.07) is 8.37. The number of aromatic nitrogens is 2. The number of urea groups is 1. The summed E-state index contributed by atoms with van der Waals surface area (Å²) >= 11 is 0. The van der Waals surface area contributed by atoms with E-state index in [1.165, 1.54) is 0 Å². The number of benzene rings is 1. The fourth-order valence-electron chi connectivity index (χ4n) is 3.71. The molecule has 25 heavy (non-hydrogen) atoms. The molecule has 2 aliphatic rings. The molecule has 2 saturated heterocycles. The normalized spacial score (nSPS) is 21.6. The van der Waals surface area contributed by atoms with Crippen molar-refractivity contribution in [3.63, 3.8) is 0 Å². The average molecular weight is 341 g/mol. The van der Waals surface area contributed by atoms with E-state index in [0.717, 1.165) is 50.1 Å². The fraction of sp³-hybridized carbons (Fsp3) is 0.500. The van der Waals surface area contributed by atoms with Gasteiger partial charge in [-0.25, -0.2) is 4.79 Å². The first kappa shape index (κ1) is 16.1. The third-order valence-electron chi connectivity index (χ3n) is 5.02. The molecule has 0 spiro atoms. The Morgan fingerprint density at radius 1 is 1.32 bits per heavy atom. The summed E-state index contributed by atoms with van der Waals surface area (Å²) in [7, 11) is 0. The van der Waals surface area contributed by atoms with Crippen LogP contribution in [0.5, 0.6) is 0 Å².